The van der Waals surface area contributed by atoms with Gasteiger partial charge in [0.05, 0.1) is 7.11 Å². The molecule has 0 aromatic heterocycles. The maximum absolute atomic E-state index is 12.3. The van der Waals surface area contributed by atoms with Gasteiger partial charge in [0.25, 0.3) is 0 Å². The minimum Gasteiger partial charge on any atom is -0.496 e. The predicted molar refractivity (Wildman–Crippen MR) is 81.6 cm³/mol. The molecule has 0 radical (unpaired) electrons. The number of carbonyl (C=O) groups excluding carboxylic acids is 1. The van der Waals surface area contributed by atoms with E-state index in [1.54, 1.807) is 7.11 Å². The molecule has 0 fully saturated rings. The molecule has 20 heavy (non-hydrogen) atoms. The van der Waals surface area contributed by atoms with Crippen LogP contribution in [0.4, 0.5) is 0 Å². The second-order valence-electron chi connectivity index (χ2n) is 5.05. The zero-order valence-electron chi connectivity index (χ0n) is 12.3. The van der Waals surface area contributed by atoms with Crippen molar-refractivity contribution in [3.63, 3.8) is 0 Å². The highest BCUT2D eigenvalue weighted by molar-refractivity contribution is 5.96. The first kappa shape index (κ1) is 14.3. The molecule has 0 bridgehead atoms. The third-order valence-electron chi connectivity index (χ3n) is 3.47. The van der Waals surface area contributed by atoms with Crippen molar-refractivity contribution in [2.75, 3.05) is 7.11 Å². The van der Waals surface area contributed by atoms with Gasteiger partial charge in [-0.05, 0) is 49.1 Å². The van der Waals surface area contributed by atoms with Crippen molar-refractivity contribution in [3.05, 3.63) is 64.7 Å². The van der Waals surface area contributed by atoms with Gasteiger partial charge in [0.15, 0.2) is 5.78 Å². The Morgan fingerprint density at radius 2 is 1.65 bits per heavy atom. The molecule has 0 aliphatic carbocycles. The summed E-state index contributed by atoms with van der Waals surface area (Å²) >= 11 is 0. The quantitative estimate of drug-likeness (QED) is 0.762. The Balaban J connectivity index is 2.10. The number of ether oxygens (including phenoxy) is 1. The molecular formula is C18H20O2. The number of carbonyl (C=O) groups is 1. The number of methoxy groups -OCH3 is 1. The lowest BCUT2D eigenvalue weighted by atomic mass is 9.99. The van der Waals surface area contributed by atoms with E-state index in [1.165, 1.54) is 5.56 Å². The summed E-state index contributed by atoms with van der Waals surface area (Å²) in [7, 11) is 1.66. The van der Waals surface area contributed by atoms with Gasteiger partial charge in [-0.15, -0.1) is 0 Å². The summed E-state index contributed by atoms with van der Waals surface area (Å²) in [5, 5.41) is 0. The first-order valence-electron chi connectivity index (χ1n) is 6.84. The smallest absolute Gasteiger partial charge is 0.163 e. The van der Waals surface area contributed by atoms with Crippen LogP contribution in [0.3, 0.4) is 0 Å². The first-order valence-corrected chi connectivity index (χ1v) is 6.84. The Labute approximate surface area is 120 Å². The zero-order valence-corrected chi connectivity index (χ0v) is 12.3. The number of rotatable bonds is 5. The molecule has 0 atom stereocenters. The van der Waals surface area contributed by atoms with Gasteiger partial charge in [0, 0.05) is 12.0 Å². The lowest BCUT2D eigenvalue weighted by Crippen LogP contribution is -2.03. The molecule has 0 amide bonds. The van der Waals surface area contributed by atoms with Crippen molar-refractivity contribution >= 4 is 5.78 Å². The molecule has 0 spiro atoms. The molecule has 2 rings (SSSR count). The van der Waals surface area contributed by atoms with Crippen LogP contribution in [-0.4, -0.2) is 12.9 Å². The van der Waals surface area contributed by atoms with Crippen molar-refractivity contribution in [1.82, 2.24) is 0 Å². The van der Waals surface area contributed by atoms with Crippen LogP contribution in [0.1, 0.15) is 33.5 Å². The van der Waals surface area contributed by atoms with Gasteiger partial charge in [-0.1, -0.05) is 30.3 Å². The maximum Gasteiger partial charge on any atom is 0.163 e. The van der Waals surface area contributed by atoms with Gasteiger partial charge >= 0.3 is 0 Å². The van der Waals surface area contributed by atoms with E-state index in [4.69, 9.17) is 4.74 Å². The zero-order chi connectivity index (χ0) is 14.5. The summed E-state index contributed by atoms with van der Waals surface area (Å²) in [6, 6.07) is 13.9. The van der Waals surface area contributed by atoms with Crippen LogP contribution < -0.4 is 4.74 Å². The molecule has 0 N–H and O–H groups in total. The van der Waals surface area contributed by atoms with Crippen molar-refractivity contribution in [2.45, 2.75) is 26.7 Å². The third-order valence-corrected chi connectivity index (χ3v) is 3.47. The predicted octanol–water partition coefficient (Wildman–Crippen LogP) is 4.13. The number of aryl methyl sites for hydroxylation is 3. The summed E-state index contributed by atoms with van der Waals surface area (Å²) in [4.78, 5) is 12.3. The van der Waals surface area contributed by atoms with Gasteiger partial charge < -0.3 is 4.74 Å². The standard InChI is InChI=1S/C18H20O2/c1-13-11-16(12-14(2)18(13)20-3)17(19)10-9-15-7-5-4-6-8-15/h4-8,11-12H,9-10H2,1-3H3. The third kappa shape index (κ3) is 3.27. The van der Waals surface area contributed by atoms with Crippen molar-refractivity contribution in [1.29, 1.82) is 0 Å². The second kappa shape index (κ2) is 6.38. The molecule has 104 valence electrons. The van der Waals surface area contributed by atoms with Gasteiger partial charge in [-0.3, -0.25) is 4.79 Å². The largest absolute Gasteiger partial charge is 0.496 e. The Morgan fingerprint density at radius 1 is 1.05 bits per heavy atom. The highest BCUT2D eigenvalue weighted by atomic mass is 16.5. The molecular weight excluding hydrogens is 248 g/mol. The summed E-state index contributed by atoms with van der Waals surface area (Å²) in [5.74, 6) is 1.05. The molecule has 0 saturated heterocycles. The Bertz CT molecular complexity index is 577. The van der Waals surface area contributed by atoms with Crippen LogP contribution >= 0.6 is 0 Å². The van der Waals surface area contributed by atoms with Crippen molar-refractivity contribution in [3.8, 4) is 5.75 Å². The van der Waals surface area contributed by atoms with E-state index in [2.05, 4.69) is 12.1 Å². The highest BCUT2D eigenvalue weighted by Gasteiger charge is 2.11. The van der Waals surface area contributed by atoms with Crippen LogP contribution in [0.2, 0.25) is 0 Å². The fourth-order valence-electron chi connectivity index (χ4n) is 2.48. The molecule has 0 unspecified atom stereocenters. The lowest BCUT2D eigenvalue weighted by molar-refractivity contribution is 0.0982. The number of hydrogen-bond acceptors (Lipinski definition) is 2. The topological polar surface area (TPSA) is 26.3 Å². The summed E-state index contributed by atoms with van der Waals surface area (Å²) in [6.45, 7) is 3.94. The minimum absolute atomic E-state index is 0.183. The van der Waals surface area contributed by atoms with Crippen LogP contribution in [0.25, 0.3) is 0 Å². The highest BCUT2D eigenvalue weighted by Crippen LogP contribution is 2.25. The molecule has 2 aromatic rings. The number of Topliss-reactive ketones (excluding diaryl/α,β-unsaturated/α-hetero) is 1. The average Bonchev–Trinajstić information content (AvgIpc) is 2.45. The maximum atomic E-state index is 12.3. The van der Waals surface area contributed by atoms with Crippen molar-refractivity contribution < 1.29 is 9.53 Å². The number of ketones is 1. The van der Waals surface area contributed by atoms with Gasteiger partial charge in [-0.2, -0.15) is 0 Å². The van der Waals surface area contributed by atoms with Crippen LogP contribution in [0.15, 0.2) is 42.5 Å². The first-order chi connectivity index (χ1) is 9.61. The van der Waals surface area contributed by atoms with Crippen LogP contribution in [-0.2, 0) is 6.42 Å². The molecule has 0 saturated carbocycles. The van der Waals surface area contributed by atoms with Gasteiger partial charge in [0.2, 0.25) is 0 Å². The fourth-order valence-corrected chi connectivity index (χ4v) is 2.48. The summed E-state index contributed by atoms with van der Waals surface area (Å²) < 4.78 is 5.33. The van der Waals surface area contributed by atoms with Crippen LogP contribution in [0.5, 0.6) is 5.75 Å². The Hall–Kier alpha value is -2.09. The molecule has 0 heterocycles. The van der Waals surface area contributed by atoms with E-state index >= 15 is 0 Å². The Morgan fingerprint density at radius 3 is 2.20 bits per heavy atom. The molecule has 0 aliphatic heterocycles. The summed E-state index contributed by atoms with van der Waals surface area (Å²) in [6.07, 6.45) is 1.32. The van der Waals surface area contributed by atoms with E-state index in [0.29, 0.717) is 6.42 Å². The van der Waals surface area contributed by atoms with Gasteiger partial charge in [0.1, 0.15) is 5.75 Å². The number of hydrogen-bond donors (Lipinski definition) is 0. The minimum atomic E-state index is 0.183. The van der Waals surface area contributed by atoms with E-state index in [-0.39, 0.29) is 5.78 Å². The van der Waals surface area contributed by atoms with Crippen molar-refractivity contribution in [2.24, 2.45) is 0 Å². The molecule has 2 aromatic carbocycles. The molecule has 2 heteroatoms. The molecule has 2 nitrogen and oxygen atoms in total. The second-order valence-corrected chi connectivity index (χ2v) is 5.05. The average molecular weight is 268 g/mol. The van der Waals surface area contributed by atoms with E-state index in [9.17, 15) is 4.79 Å². The normalized spacial score (nSPS) is 10.3. The monoisotopic (exact) mass is 268 g/mol. The SMILES string of the molecule is COc1c(C)cc(C(=O)CCc2ccccc2)cc1C. The summed E-state index contributed by atoms with van der Waals surface area (Å²) in [5.41, 5.74) is 3.99. The Kier molecular flexibility index (Phi) is 4.57. The fraction of sp³-hybridized carbons (Fsp3) is 0.278. The van der Waals surface area contributed by atoms with E-state index < -0.39 is 0 Å². The number of benzene rings is 2. The van der Waals surface area contributed by atoms with E-state index in [0.717, 1.165) is 28.9 Å². The van der Waals surface area contributed by atoms with Gasteiger partial charge in [-0.25, -0.2) is 0 Å². The van der Waals surface area contributed by atoms with Crippen LogP contribution in [0, 0.1) is 13.8 Å². The lowest BCUT2D eigenvalue weighted by Gasteiger charge is -2.10. The van der Waals surface area contributed by atoms with E-state index in [1.807, 2.05) is 44.2 Å². The molecule has 0 aliphatic rings.